The molecule has 1 aromatic heterocycles. The van der Waals surface area contributed by atoms with Crippen molar-refractivity contribution >= 4 is 39.8 Å². The van der Waals surface area contributed by atoms with E-state index in [0.717, 1.165) is 35.0 Å². The lowest BCUT2D eigenvalue weighted by molar-refractivity contribution is -0.119. The van der Waals surface area contributed by atoms with Crippen molar-refractivity contribution < 1.29 is 9.53 Å². The third kappa shape index (κ3) is 5.07. The average Bonchev–Trinajstić information content (AvgIpc) is 3.20. The van der Waals surface area contributed by atoms with Crippen LogP contribution in [0.1, 0.15) is 30.0 Å². The highest BCUT2D eigenvalue weighted by atomic mass is 32.2. The van der Waals surface area contributed by atoms with Crippen LogP contribution >= 0.6 is 23.1 Å². The molecule has 1 aliphatic carbocycles. The maximum absolute atomic E-state index is 12.5. The van der Waals surface area contributed by atoms with E-state index in [0.29, 0.717) is 10.9 Å². The molecule has 0 spiro atoms. The van der Waals surface area contributed by atoms with Gasteiger partial charge in [0, 0.05) is 11.8 Å². The van der Waals surface area contributed by atoms with Gasteiger partial charge in [-0.3, -0.25) is 4.79 Å². The van der Waals surface area contributed by atoms with Gasteiger partial charge in [0.25, 0.3) is 0 Å². The first-order chi connectivity index (χ1) is 14.2. The molecule has 0 unspecified atom stereocenters. The number of carbonyl (C=O) groups excluding carboxylic acids is 1. The number of benzene rings is 2. The second-order valence-corrected chi connectivity index (χ2v) is 8.93. The minimum absolute atomic E-state index is 0.0224. The summed E-state index contributed by atoms with van der Waals surface area (Å²) < 4.78 is 5.98. The van der Waals surface area contributed by atoms with Crippen LogP contribution in [0.3, 0.4) is 0 Å². The Balaban J connectivity index is 1.30. The number of amides is 1. The normalized spacial score (nSPS) is 15.4. The number of anilines is 2. The van der Waals surface area contributed by atoms with Crippen molar-refractivity contribution in [2.24, 2.45) is 0 Å². The van der Waals surface area contributed by atoms with Crippen LogP contribution in [0.5, 0.6) is 5.75 Å². The Morgan fingerprint density at radius 3 is 3.03 bits per heavy atom. The fraction of sp³-hybridized carbons (Fsp3) is 0.286. The lowest BCUT2D eigenvalue weighted by Crippen LogP contribution is -2.32. The molecule has 0 saturated heterocycles. The number of methoxy groups -OCH3 is 1. The number of nitrogens with zero attached hydrogens (tertiary/aromatic N) is 2. The topological polar surface area (TPSA) is 76.1 Å². The highest BCUT2D eigenvalue weighted by Crippen LogP contribution is 2.31. The highest BCUT2D eigenvalue weighted by Gasteiger charge is 2.21. The fourth-order valence-corrected chi connectivity index (χ4v) is 4.99. The molecule has 6 nitrogen and oxygen atoms in total. The molecule has 150 valence electrons. The van der Waals surface area contributed by atoms with Gasteiger partial charge in [-0.05, 0) is 42.5 Å². The fourth-order valence-electron chi connectivity index (χ4n) is 3.41. The number of hydrogen-bond acceptors (Lipinski definition) is 7. The van der Waals surface area contributed by atoms with Gasteiger partial charge in [0.05, 0.1) is 18.9 Å². The van der Waals surface area contributed by atoms with Crippen LogP contribution in [0.15, 0.2) is 52.9 Å². The van der Waals surface area contributed by atoms with Crippen LogP contribution in [-0.2, 0) is 11.2 Å². The molecule has 0 radical (unpaired) electrons. The number of nitrogens with one attached hydrogen (secondary N) is 2. The summed E-state index contributed by atoms with van der Waals surface area (Å²) in [6.45, 7) is 0. The number of thioether (sulfide) groups is 1. The van der Waals surface area contributed by atoms with Gasteiger partial charge in [-0.25, -0.2) is 0 Å². The minimum Gasteiger partial charge on any atom is -0.497 e. The number of fused-ring (bicyclic) bond motifs is 1. The highest BCUT2D eigenvalue weighted by molar-refractivity contribution is 8.01. The maximum Gasteiger partial charge on any atom is 0.230 e. The van der Waals surface area contributed by atoms with Gasteiger partial charge < -0.3 is 15.4 Å². The molecule has 1 heterocycles. The van der Waals surface area contributed by atoms with Crippen molar-refractivity contribution in [1.29, 1.82) is 0 Å². The summed E-state index contributed by atoms with van der Waals surface area (Å²) >= 11 is 2.83. The van der Waals surface area contributed by atoms with E-state index in [1.165, 1.54) is 34.2 Å². The quantitative estimate of drug-likeness (QED) is 0.539. The molecule has 0 bridgehead atoms. The van der Waals surface area contributed by atoms with Crippen LogP contribution in [0.4, 0.5) is 10.8 Å². The summed E-state index contributed by atoms with van der Waals surface area (Å²) in [5.41, 5.74) is 3.47. The van der Waals surface area contributed by atoms with E-state index in [9.17, 15) is 4.79 Å². The SMILES string of the molecule is COc1cccc(Nc2nnc(SCC(=O)N[C@H]3CCCc4ccccc43)s2)c1. The molecule has 0 aliphatic heterocycles. The first-order valence-corrected chi connectivity index (χ1v) is 11.3. The molecule has 1 aliphatic rings. The molecular weight excluding hydrogens is 404 g/mol. The number of aryl methyl sites for hydroxylation is 1. The summed E-state index contributed by atoms with van der Waals surface area (Å²) in [4.78, 5) is 12.5. The number of aromatic nitrogens is 2. The van der Waals surface area contributed by atoms with E-state index in [1.54, 1.807) is 7.11 Å². The largest absolute Gasteiger partial charge is 0.497 e. The molecule has 0 fully saturated rings. The molecule has 29 heavy (non-hydrogen) atoms. The van der Waals surface area contributed by atoms with Crippen molar-refractivity contribution in [2.75, 3.05) is 18.2 Å². The van der Waals surface area contributed by atoms with Gasteiger partial charge in [0.2, 0.25) is 11.0 Å². The number of carbonyl (C=O) groups is 1. The van der Waals surface area contributed by atoms with Gasteiger partial charge in [0.1, 0.15) is 5.75 Å². The minimum atomic E-state index is 0.0224. The number of ether oxygens (including phenoxy) is 1. The van der Waals surface area contributed by atoms with Gasteiger partial charge in [-0.15, -0.1) is 10.2 Å². The standard InChI is InChI=1S/C21H22N4O2S2/c1-27-16-9-5-8-15(12-16)22-20-24-25-21(29-20)28-13-19(26)23-18-11-4-7-14-6-2-3-10-17(14)18/h2-3,5-6,8-10,12,18H,4,7,11,13H2,1H3,(H,22,24)(H,23,26)/t18-/m0/s1. The summed E-state index contributed by atoms with van der Waals surface area (Å²) in [7, 11) is 1.63. The summed E-state index contributed by atoms with van der Waals surface area (Å²) in [5, 5.41) is 15.4. The zero-order valence-corrected chi connectivity index (χ0v) is 17.7. The van der Waals surface area contributed by atoms with E-state index < -0.39 is 0 Å². The Labute approximate surface area is 178 Å². The van der Waals surface area contributed by atoms with E-state index in [4.69, 9.17) is 4.74 Å². The zero-order valence-electron chi connectivity index (χ0n) is 16.1. The van der Waals surface area contributed by atoms with Crippen molar-refractivity contribution in [2.45, 2.75) is 29.6 Å². The number of hydrogen-bond donors (Lipinski definition) is 2. The third-order valence-electron chi connectivity index (χ3n) is 4.76. The summed E-state index contributed by atoms with van der Waals surface area (Å²) in [5.74, 6) is 1.12. The van der Waals surface area contributed by atoms with Crippen LogP contribution < -0.4 is 15.4 Å². The Hall–Kier alpha value is -2.58. The van der Waals surface area contributed by atoms with Crippen LogP contribution in [-0.4, -0.2) is 29.0 Å². The molecule has 2 N–H and O–H groups in total. The summed E-state index contributed by atoms with van der Waals surface area (Å²) in [6.07, 6.45) is 3.18. The maximum atomic E-state index is 12.5. The first kappa shape index (κ1) is 19.7. The van der Waals surface area contributed by atoms with E-state index in [-0.39, 0.29) is 11.9 Å². The van der Waals surface area contributed by atoms with Crippen LogP contribution in [0, 0.1) is 0 Å². The van der Waals surface area contributed by atoms with E-state index >= 15 is 0 Å². The predicted octanol–water partition coefficient (Wildman–Crippen LogP) is 4.58. The third-order valence-corrected chi connectivity index (χ3v) is 6.73. The molecule has 0 saturated carbocycles. The van der Waals surface area contributed by atoms with Crippen molar-refractivity contribution in [3.8, 4) is 5.75 Å². The first-order valence-electron chi connectivity index (χ1n) is 9.46. The molecule has 4 rings (SSSR count). The van der Waals surface area contributed by atoms with Crippen molar-refractivity contribution in [3.05, 3.63) is 59.7 Å². The van der Waals surface area contributed by atoms with Gasteiger partial charge in [-0.2, -0.15) is 0 Å². The Morgan fingerprint density at radius 1 is 1.24 bits per heavy atom. The molecular formula is C21H22N4O2S2. The van der Waals surface area contributed by atoms with Crippen molar-refractivity contribution in [1.82, 2.24) is 15.5 Å². The lowest BCUT2D eigenvalue weighted by atomic mass is 9.88. The monoisotopic (exact) mass is 426 g/mol. The van der Waals surface area contributed by atoms with Gasteiger partial charge in [0.15, 0.2) is 4.34 Å². The zero-order chi connectivity index (χ0) is 20.1. The molecule has 1 atom stereocenters. The molecule has 2 aromatic carbocycles. The molecule has 8 heteroatoms. The van der Waals surface area contributed by atoms with Crippen molar-refractivity contribution in [3.63, 3.8) is 0 Å². The molecule has 3 aromatic rings. The van der Waals surface area contributed by atoms with Crippen LogP contribution in [0.25, 0.3) is 0 Å². The lowest BCUT2D eigenvalue weighted by Gasteiger charge is -2.26. The summed E-state index contributed by atoms with van der Waals surface area (Å²) in [6, 6.07) is 16.1. The number of rotatable bonds is 7. The second-order valence-electron chi connectivity index (χ2n) is 6.73. The Morgan fingerprint density at radius 2 is 2.14 bits per heavy atom. The predicted molar refractivity (Wildman–Crippen MR) is 117 cm³/mol. The van der Waals surface area contributed by atoms with Crippen LogP contribution in [0.2, 0.25) is 0 Å². The Bertz CT molecular complexity index is 992. The van der Waals surface area contributed by atoms with E-state index in [1.807, 2.05) is 30.3 Å². The molecule has 1 amide bonds. The van der Waals surface area contributed by atoms with Gasteiger partial charge >= 0.3 is 0 Å². The van der Waals surface area contributed by atoms with Gasteiger partial charge in [-0.1, -0.05) is 53.4 Å². The Kier molecular flexibility index (Phi) is 6.31. The van der Waals surface area contributed by atoms with E-state index in [2.05, 4.69) is 39.0 Å². The smallest absolute Gasteiger partial charge is 0.230 e. The average molecular weight is 427 g/mol. The second kappa shape index (κ2) is 9.28.